The van der Waals surface area contributed by atoms with Gasteiger partial charge in [-0.1, -0.05) is 24.1 Å². The van der Waals surface area contributed by atoms with Gasteiger partial charge in [0.05, 0.1) is 5.56 Å². The van der Waals surface area contributed by atoms with Gasteiger partial charge in [-0.25, -0.2) is 4.98 Å². The number of pyridine rings is 1. The van der Waals surface area contributed by atoms with Gasteiger partial charge in [0.1, 0.15) is 11.1 Å². The van der Waals surface area contributed by atoms with Gasteiger partial charge in [-0.3, -0.25) is 4.79 Å². The lowest BCUT2D eigenvalue weighted by molar-refractivity contribution is -0.115. The van der Waals surface area contributed by atoms with E-state index >= 15 is 0 Å². The molecule has 1 heterocycles. The Balaban J connectivity index is 1.59. The summed E-state index contributed by atoms with van der Waals surface area (Å²) in [7, 11) is 0. The lowest BCUT2D eigenvalue weighted by Gasteiger charge is -2.10. The van der Waals surface area contributed by atoms with Gasteiger partial charge in [0.15, 0.2) is 0 Å². The molecule has 0 spiro atoms. The minimum absolute atomic E-state index is 0.0734. The molecule has 1 aliphatic rings. The van der Waals surface area contributed by atoms with Crippen LogP contribution in [0.5, 0.6) is 0 Å². The van der Waals surface area contributed by atoms with Crippen LogP contribution in [0, 0.1) is 18.3 Å². The maximum absolute atomic E-state index is 12.2. The van der Waals surface area contributed by atoms with Crippen LogP contribution in [-0.2, 0) is 17.6 Å². The van der Waals surface area contributed by atoms with Crippen molar-refractivity contribution in [2.75, 3.05) is 11.1 Å². The SMILES string of the molecule is Cc1ccc(NC(=O)CCSc2nc3c(cc2C#N)CCCCC3)cc1Cl. The molecule has 1 aliphatic carbocycles. The average Bonchev–Trinajstić information content (AvgIpc) is 2.88. The van der Waals surface area contributed by atoms with E-state index in [1.165, 1.54) is 23.7 Å². The van der Waals surface area contributed by atoms with Crippen molar-refractivity contribution in [1.82, 2.24) is 4.98 Å². The van der Waals surface area contributed by atoms with E-state index in [0.717, 1.165) is 42.0 Å². The number of anilines is 1. The molecule has 3 rings (SSSR count). The summed E-state index contributed by atoms with van der Waals surface area (Å²) in [6, 6.07) is 9.72. The highest BCUT2D eigenvalue weighted by Gasteiger charge is 2.15. The van der Waals surface area contributed by atoms with Crippen LogP contribution in [0.25, 0.3) is 0 Å². The van der Waals surface area contributed by atoms with Gasteiger partial charge in [0.2, 0.25) is 5.91 Å². The molecule has 0 fully saturated rings. The van der Waals surface area contributed by atoms with Crippen molar-refractivity contribution >= 4 is 35.0 Å². The zero-order valence-corrected chi connectivity index (χ0v) is 16.9. The highest BCUT2D eigenvalue weighted by Crippen LogP contribution is 2.27. The van der Waals surface area contributed by atoms with Gasteiger partial charge < -0.3 is 5.32 Å². The third kappa shape index (κ3) is 5.24. The summed E-state index contributed by atoms with van der Waals surface area (Å²) in [5.41, 5.74) is 4.62. The summed E-state index contributed by atoms with van der Waals surface area (Å²) < 4.78 is 0. The molecule has 1 aromatic heterocycles. The molecule has 0 radical (unpaired) electrons. The quantitative estimate of drug-likeness (QED) is 0.546. The number of aryl methyl sites for hydroxylation is 3. The molecule has 0 saturated heterocycles. The van der Waals surface area contributed by atoms with Gasteiger partial charge in [-0.05, 0) is 61.9 Å². The number of benzene rings is 1. The first-order valence-electron chi connectivity index (χ1n) is 9.18. The fourth-order valence-electron chi connectivity index (χ4n) is 3.12. The molecule has 6 heteroatoms. The normalized spacial score (nSPS) is 13.4. The first kappa shape index (κ1) is 19.7. The summed E-state index contributed by atoms with van der Waals surface area (Å²) in [5, 5.41) is 13.7. The number of thioether (sulfide) groups is 1. The number of fused-ring (bicyclic) bond motifs is 1. The Hall–Kier alpha value is -2.03. The molecule has 0 atom stereocenters. The van der Waals surface area contributed by atoms with Gasteiger partial charge in [-0.15, -0.1) is 11.8 Å². The number of hydrogen-bond donors (Lipinski definition) is 1. The Morgan fingerprint density at radius 1 is 1.30 bits per heavy atom. The first-order chi connectivity index (χ1) is 13.1. The van der Waals surface area contributed by atoms with Crippen molar-refractivity contribution in [2.45, 2.75) is 50.5 Å². The van der Waals surface area contributed by atoms with Crippen molar-refractivity contribution in [1.29, 1.82) is 5.26 Å². The second-order valence-corrected chi connectivity index (χ2v) is 8.22. The molecule has 0 aliphatic heterocycles. The van der Waals surface area contributed by atoms with Crippen LogP contribution in [-0.4, -0.2) is 16.6 Å². The molecular formula is C21H22ClN3OS. The predicted octanol–water partition coefficient (Wildman–Crippen LogP) is 5.30. The van der Waals surface area contributed by atoms with E-state index in [9.17, 15) is 10.1 Å². The van der Waals surface area contributed by atoms with Crippen LogP contribution in [0.4, 0.5) is 5.69 Å². The average molecular weight is 400 g/mol. The number of hydrogen-bond acceptors (Lipinski definition) is 4. The molecule has 1 aromatic carbocycles. The Morgan fingerprint density at radius 3 is 2.89 bits per heavy atom. The molecule has 0 unspecified atom stereocenters. The Morgan fingerprint density at radius 2 is 2.11 bits per heavy atom. The van der Waals surface area contributed by atoms with Crippen LogP contribution in [0.2, 0.25) is 5.02 Å². The topological polar surface area (TPSA) is 65.8 Å². The third-order valence-corrected chi connectivity index (χ3v) is 6.06. The summed E-state index contributed by atoms with van der Waals surface area (Å²) >= 11 is 7.57. The van der Waals surface area contributed by atoms with E-state index < -0.39 is 0 Å². The maximum atomic E-state index is 12.2. The maximum Gasteiger partial charge on any atom is 0.225 e. The Bertz CT molecular complexity index is 892. The van der Waals surface area contributed by atoms with Crippen molar-refractivity contribution in [3.63, 3.8) is 0 Å². The van der Waals surface area contributed by atoms with Crippen LogP contribution in [0.15, 0.2) is 29.3 Å². The first-order valence-corrected chi connectivity index (χ1v) is 10.5. The number of carbonyl (C=O) groups is 1. The summed E-state index contributed by atoms with van der Waals surface area (Å²) in [5.74, 6) is 0.502. The van der Waals surface area contributed by atoms with Crippen LogP contribution < -0.4 is 5.32 Å². The van der Waals surface area contributed by atoms with Gasteiger partial charge in [0.25, 0.3) is 0 Å². The molecule has 2 aromatic rings. The zero-order chi connectivity index (χ0) is 19.2. The predicted molar refractivity (Wildman–Crippen MR) is 110 cm³/mol. The van der Waals surface area contributed by atoms with Crippen LogP contribution >= 0.6 is 23.4 Å². The Labute approximate surface area is 169 Å². The number of nitrogens with zero attached hydrogens (tertiary/aromatic N) is 2. The van der Waals surface area contributed by atoms with E-state index in [-0.39, 0.29) is 5.91 Å². The minimum atomic E-state index is -0.0734. The lowest BCUT2D eigenvalue weighted by Crippen LogP contribution is -2.12. The number of carbonyl (C=O) groups excluding carboxylic acids is 1. The number of nitriles is 1. The molecule has 1 N–H and O–H groups in total. The minimum Gasteiger partial charge on any atom is -0.326 e. The zero-order valence-electron chi connectivity index (χ0n) is 15.3. The van der Waals surface area contributed by atoms with E-state index in [0.29, 0.717) is 28.4 Å². The van der Waals surface area contributed by atoms with Crippen molar-refractivity contribution in [3.8, 4) is 6.07 Å². The molecule has 0 saturated carbocycles. The lowest BCUT2D eigenvalue weighted by atomic mass is 10.1. The van der Waals surface area contributed by atoms with E-state index in [1.807, 2.05) is 25.1 Å². The van der Waals surface area contributed by atoms with Crippen molar-refractivity contribution in [2.24, 2.45) is 0 Å². The molecule has 0 bridgehead atoms. The van der Waals surface area contributed by atoms with Crippen molar-refractivity contribution in [3.05, 3.63) is 51.7 Å². The summed E-state index contributed by atoms with van der Waals surface area (Å²) in [4.78, 5) is 16.9. The van der Waals surface area contributed by atoms with Crippen LogP contribution in [0.1, 0.15) is 48.1 Å². The highest BCUT2D eigenvalue weighted by atomic mass is 35.5. The standard InChI is InChI=1S/C21H22ClN3OS/c1-14-7-8-17(12-18(14)22)24-20(26)9-10-27-21-16(13-23)11-15-5-3-2-4-6-19(15)25-21/h7-8,11-12H,2-6,9-10H2,1H3,(H,24,26). The number of aromatic nitrogens is 1. The van der Waals surface area contributed by atoms with E-state index in [1.54, 1.807) is 6.07 Å². The molecule has 27 heavy (non-hydrogen) atoms. The van der Waals surface area contributed by atoms with Gasteiger partial charge in [-0.2, -0.15) is 5.26 Å². The van der Waals surface area contributed by atoms with Gasteiger partial charge >= 0.3 is 0 Å². The second kappa shape index (κ2) is 9.25. The second-order valence-electron chi connectivity index (χ2n) is 6.73. The molecule has 4 nitrogen and oxygen atoms in total. The monoisotopic (exact) mass is 399 g/mol. The number of halogens is 1. The van der Waals surface area contributed by atoms with Crippen molar-refractivity contribution < 1.29 is 4.79 Å². The number of nitrogens with one attached hydrogen (secondary N) is 1. The van der Waals surface area contributed by atoms with E-state index in [4.69, 9.17) is 16.6 Å². The van der Waals surface area contributed by atoms with E-state index in [2.05, 4.69) is 11.4 Å². The highest BCUT2D eigenvalue weighted by molar-refractivity contribution is 7.99. The number of rotatable bonds is 5. The third-order valence-electron chi connectivity index (χ3n) is 4.66. The molecule has 1 amide bonds. The summed E-state index contributed by atoms with van der Waals surface area (Å²) in [6.07, 6.45) is 5.85. The smallest absolute Gasteiger partial charge is 0.225 e. The summed E-state index contributed by atoms with van der Waals surface area (Å²) in [6.45, 7) is 1.92. The van der Waals surface area contributed by atoms with Crippen LogP contribution in [0.3, 0.4) is 0 Å². The Kier molecular flexibility index (Phi) is 6.76. The fourth-order valence-corrected chi connectivity index (χ4v) is 4.21. The molecule has 140 valence electrons. The van der Waals surface area contributed by atoms with Gasteiger partial charge in [0, 0.05) is 28.6 Å². The fraction of sp³-hybridized carbons (Fsp3) is 0.381. The largest absolute Gasteiger partial charge is 0.326 e. The molecular weight excluding hydrogens is 378 g/mol. The number of amides is 1.